The molecule has 2 N–H and O–H groups in total. The van der Waals surface area contributed by atoms with E-state index in [0.717, 1.165) is 11.8 Å². The van der Waals surface area contributed by atoms with Crippen molar-refractivity contribution in [2.24, 2.45) is 5.92 Å². The molecule has 0 spiro atoms. The Balaban J connectivity index is 2.08. The van der Waals surface area contributed by atoms with Gasteiger partial charge in [0.25, 0.3) is 0 Å². The molecule has 2 aromatic carbocycles. The number of benzene rings is 2. The van der Waals surface area contributed by atoms with Crippen molar-refractivity contribution in [3.8, 4) is 0 Å². The maximum absolute atomic E-state index is 12.4. The van der Waals surface area contributed by atoms with E-state index >= 15 is 0 Å². The van der Waals surface area contributed by atoms with E-state index in [1.165, 1.54) is 23.8 Å². The van der Waals surface area contributed by atoms with Crippen LogP contribution in [0, 0.1) is 5.92 Å². The number of anilines is 1. The van der Waals surface area contributed by atoms with Crippen LogP contribution >= 0.6 is 11.6 Å². The molecule has 1 atom stereocenters. The molecule has 7 heteroatoms. The van der Waals surface area contributed by atoms with Gasteiger partial charge in [0.1, 0.15) is 0 Å². The molecule has 0 aromatic heterocycles. The Bertz CT molecular complexity index is 955. The molecule has 0 aliphatic heterocycles. The molecular weight excluding hydrogens is 408 g/mol. The third kappa shape index (κ3) is 6.56. The SMILES string of the molecule is CC(C)c1ccc([C@H](NCC(=O)Nc2cc(S(C)(=O)=O)ccc2Cl)C(C)C)cc1. The summed E-state index contributed by atoms with van der Waals surface area (Å²) >= 11 is 6.11. The highest BCUT2D eigenvalue weighted by Crippen LogP contribution is 2.26. The van der Waals surface area contributed by atoms with Crippen LogP contribution in [0.3, 0.4) is 0 Å². The number of hydrogen-bond donors (Lipinski definition) is 2. The van der Waals surface area contributed by atoms with Crippen LogP contribution in [0.15, 0.2) is 47.4 Å². The van der Waals surface area contributed by atoms with Crippen molar-refractivity contribution >= 4 is 33.0 Å². The molecule has 0 aliphatic carbocycles. The summed E-state index contributed by atoms with van der Waals surface area (Å²) < 4.78 is 23.5. The van der Waals surface area contributed by atoms with Crippen molar-refractivity contribution in [3.05, 3.63) is 58.6 Å². The van der Waals surface area contributed by atoms with Gasteiger partial charge in [-0.3, -0.25) is 4.79 Å². The van der Waals surface area contributed by atoms with E-state index in [1.807, 2.05) is 0 Å². The van der Waals surface area contributed by atoms with Crippen LogP contribution in [0.1, 0.15) is 50.8 Å². The van der Waals surface area contributed by atoms with Crippen LogP contribution in [0.25, 0.3) is 0 Å². The van der Waals surface area contributed by atoms with Crippen molar-refractivity contribution < 1.29 is 13.2 Å². The molecule has 2 rings (SSSR count). The van der Waals surface area contributed by atoms with Gasteiger partial charge >= 0.3 is 0 Å². The highest BCUT2D eigenvalue weighted by Gasteiger charge is 2.18. The summed E-state index contributed by atoms with van der Waals surface area (Å²) in [7, 11) is -3.39. The molecule has 5 nitrogen and oxygen atoms in total. The summed E-state index contributed by atoms with van der Waals surface area (Å²) in [6.45, 7) is 8.58. The lowest BCUT2D eigenvalue weighted by molar-refractivity contribution is -0.115. The highest BCUT2D eigenvalue weighted by atomic mass is 35.5. The number of sulfone groups is 1. The fourth-order valence-electron chi connectivity index (χ4n) is 3.05. The first-order valence-corrected chi connectivity index (χ1v) is 11.9. The van der Waals surface area contributed by atoms with Crippen molar-refractivity contribution in [2.75, 3.05) is 18.1 Å². The normalized spacial score (nSPS) is 13.0. The molecule has 29 heavy (non-hydrogen) atoms. The van der Waals surface area contributed by atoms with Crippen LogP contribution in [0.4, 0.5) is 5.69 Å². The zero-order chi connectivity index (χ0) is 21.8. The van der Waals surface area contributed by atoms with Crippen LogP contribution in [-0.2, 0) is 14.6 Å². The van der Waals surface area contributed by atoms with Gasteiger partial charge in [0.15, 0.2) is 9.84 Å². The maximum Gasteiger partial charge on any atom is 0.238 e. The second kappa shape index (κ2) is 9.74. The minimum absolute atomic E-state index is 0.0137. The Morgan fingerprint density at radius 3 is 2.10 bits per heavy atom. The highest BCUT2D eigenvalue weighted by molar-refractivity contribution is 7.90. The monoisotopic (exact) mass is 436 g/mol. The molecule has 0 unspecified atom stereocenters. The molecule has 0 radical (unpaired) electrons. The van der Waals surface area contributed by atoms with E-state index in [2.05, 4.69) is 62.6 Å². The summed E-state index contributed by atoms with van der Waals surface area (Å²) in [5.41, 5.74) is 2.67. The number of hydrogen-bond acceptors (Lipinski definition) is 4. The molecule has 2 aromatic rings. The summed E-state index contributed by atoms with van der Waals surface area (Å²) in [5.74, 6) is 0.458. The largest absolute Gasteiger partial charge is 0.324 e. The molecule has 0 saturated heterocycles. The Morgan fingerprint density at radius 2 is 1.59 bits per heavy atom. The lowest BCUT2D eigenvalue weighted by Crippen LogP contribution is -2.33. The molecule has 0 aliphatic rings. The Hall–Kier alpha value is -1.89. The number of carbonyl (C=O) groups is 1. The standard InChI is InChI=1S/C22H29ClN2O3S/c1-14(2)16-6-8-17(9-7-16)22(15(3)4)24-13-21(26)25-20-12-18(29(5,27)28)10-11-19(20)23/h6-12,14-15,22,24H,13H2,1-5H3,(H,25,26)/t22-/m1/s1. The van der Waals surface area contributed by atoms with Gasteiger partial charge in [-0.1, -0.05) is 63.6 Å². The first kappa shape index (κ1) is 23.4. The van der Waals surface area contributed by atoms with E-state index in [-0.39, 0.29) is 40.0 Å². The third-order valence-corrected chi connectivity index (χ3v) is 6.19. The number of halogens is 1. The lowest BCUT2D eigenvalue weighted by atomic mass is 9.93. The molecule has 0 bridgehead atoms. The third-order valence-electron chi connectivity index (χ3n) is 4.75. The summed E-state index contributed by atoms with van der Waals surface area (Å²) in [5, 5.41) is 6.28. The van der Waals surface area contributed by atoms with Crippen LogP contribution in [0.5, 0.6) is 0 Å². The molecule has 0 fully saturated rings. The van der Waals surface area contributed by atoms with Gasteiger partial charge in [0.2, 0.25) is 5.91 Å². The Kier molecular flexibility index (Phi) is 7.86. The number of nitrogens with one attached hydrogen (secondary N) is 2. The smallest absolute Gasteiger partial charge is 0.238 e. The second-order valence-electron chi connectivity index (χ2n) is 7.89. The van der Waals surface area contributed by atoms with Crippen molar-refractivity contribution in [2.45, 2.75) is 44.6 Å². The molecule has 1 amide bonds. The second-order valence-corrected chi connectivity index (χ2v) is 10.3. The average Bonchev–Trinajstić information content (AvgIpc) is 2.63. The average molecular weight is 437 g/mol. The summed E-state index contributed by atoms with van der Waals surface area (Å²) in [6, 6.07) is 12.7. The molecule has 0 saturated carbocycles. The predicted octanol–water partition coefficient (Wildman–Crippen LogP) is 4.79. The van der Waals surface area contributed by atoms with Gasteiger partial charge in [-0.2, -0.15) is 0 Å². The summed E-state index contributed by atoms with van der Waals surface area (Å²) in [6.07, 6.45) is 1.11. The van der Waals surface area contributed by atoms with Gasteiger partial charge in [0.05, 0.1) is 22.2 Å². The zero-order valence-electron chi connectivity index (χ0n) is 17.5. The quantitative estimate of drug-likeness (QED) is 0.623. The van der Waals surface area contributed by atoms with Crippen molar-refractivity contribution in [1.82, 2.24) is 5.32 Å². The van der Waals surface area contributed by atoms with Gasteiger partial charge in [0, 0.05) is 12.3 Å². The van der Waals surface area contributed by atoms with Gasteiger partial charge < -0.3 is 10.6 Å². The van der Waals surface area contributed by atoms with E-state index in [9.17, 15) is 13.2 Å². The summed E-state index contributed by atoms with van der Waals surface area (Å²) in [4.78, 5) is 12.6. The number of rotatable bonds is 8. The van der Waals surface area contributed by atoms with E-state index in [1.54, 1.807) is 0 Å². The van der Waals surface area contributed by atoms with Crippen LogP contribution < -0.4 is 10.6 Å². The maximum atomic E-state index is 12.4. The number of amides is 1. The molecule has 0 heterocycles. The van der Waals surface area contributed by atoms with Gasteiger partial charge in [-0.15, -0.1) is 0 Å². The fourth-order valence-corrected chi connectivity index (χ4v) is 3.87. The number of carbonyl (C=O) groups excluding carboxylic acids is 1. The van der Waals surface area contributed by atoms with E-state index < -0.39 is 9.84 Å². The Labute approximate surface area is 178 Å². The van der Waals surface area contributed by atoms with Crippen molar-refractivity contribution in [3.63, 3.8) is 0 Å². The fraction of sp³-hybridized carbons (Fsp3) is 0.409. The minimum atomic E-state index is -3.39. The first-order chi connectivity index (χ1) is 13.5. The Morgan fingerprint density at radius 1 is 1.00 bits per heavy atom. The zero-order valence-corrected chi connectivity index (χ0v) is 19.1. The van der Waals surface area contributed by atoms with Crippen LogP contribution in [0.2, 0.25) is 5.02 Å². The van der Waals surface area contributed by atoms with E-state index in [4.69, 9.17) is 11.6 Å². The first-order valence-electron chi connectivity index (χ1n) is 9.61. The van der Waals surface area contributed by atoms with Crippen molar-refractivity contribution in [1.29, 1.82) is 0 Å². The predicted molar refractivity (Wildman–Crippen MR) is 119 cm³/mol. The van der Waals surface area contributed by atoms with Gasteiger partial charge in [-0.25, -0.2) is 8.42 Å². The van der Waals surface area contributed by atoms with Crippen LogP contribution in [-0.4, -0.2) is 27.1 Å². The molecule has 158 valence electrons. The van der Waals surface area contributed by atoms with E-state index in [0.29, 0.717) is 5.92 Å². The molecular formula is C22H29ClN2O3S. The van der Waals surface area contributed by atoms with Gasteiger partial charge in [-0.05, 0) is 41.2 Å². The lowest BCUT2D eigenvalue weighted by Gasteiger charge is -2.23. The minimum Gasteiger partial charge on any atom is -0.324 e. The topological polar surface area (TPSA) is 75.3 Å².